The van der Waals surface area contributed by atoms with Crippen LogP contribution in [0, 0.1) is 0 Å². The maximum Gasteiger partial charge on any atom is 0.255 e. The third kappa shape index (κ3) is 18.5. The molecule has 0 fully saturated rings. The van der Waals surface area contributed by atoms with Gasteiger partial charge in [0.05, 0.1) is 52.2 Å². The Labute approximate surface area is 485 Å². The summed E-state index contributed by atoms with van der Waals surface area (Å²) in [6.07, 6.45) is 2.22. The van der Waals surface area contributed by atoms with Crippen molar-refractivity contribution in [2.24, 2.45) is 0 Å². The molecule has 4 aromatic carbocycles. The van der Waals surface area contributed by atoms with Crippen LogP contribution < -0.4 is 42.5 Å². The van der Waals surface area contributed by atoms with Gasteiger partial charge in [0.15, 0.2) is 46.0 Å². The van der Waals surface area contributed by atoms with E-state index in [-0.39, 0.29) is 96.9 Å². The largest absolute Gasteiger partial charge is 0.504 e. The summed E-state index contributed by atoms with van der Waals surface area (Å²) in [5, 5.41) is 108. The second-order valence-corrected chi connectivity index (χ2v) is 19.4. The van der Waals surface area contributed by atoms with Crippen molar-refractivity contribution in [2.75, 3.05) is 119 Å². The van der Waals surface area contributed by atoms with E-state index in [9.17, 15) is 74.4 Å². The summed E-state index contributed by atoms with van der Waals surface area (Å²) in [5.41, 5.74) is -1.29. The highest BCUT2D eigenvalue weighted by molar-refractivity contribution is 6.05. The molecule has 0 radical (unpaired) electrons. The lowest BCUT2D eigenvalue weighted by atomic mass is 10.1. The molecule has 7 amide bonds. The number of carbonyl (C=O) groups excluding carboxylic acids is 7. The Morgan fingerprint density at radius 1 is 0.429 bits per heavy atom. The molecular formula is C57H76N10O17. The third-order valence-corrected chi connectivity index (χ3v) is 13.5. The highest BCUT2D eigenvalue weighted by Crippen LogP contribution is 2.37. The molecule has 0 aromatic heterocycles. The van der Waals surface area contributed by atoms with Crippen LogP contribution in [-0.4, -0.2) is 211 Å². The molecule has 0 unspecified atom stereocenters. The smallest absolute Gasteiger partial charge is 0.255 e. The predicted molar refractivity (Wildman–Crippen MR) is 307 cm³/mol. The van der Waals surface area contributed by atoms with Crippen molar-refractivity contribution < 1.29 is 83.9 Å². The lowest BCUT2D eigenvalue weighted by molar-refractivity contribution is 0.0924. The van der Waals surface area contributed by atoms with Crippen molar-refractivity contribution >= 4 is 47.0 Å². The molecule has 0 saturated heterocycles. The normalized spacial score (nSPS) is 14.8. The summed E-state index contributed by atoms with van der Waals surface area (Å²) in [7, 11) is 2.98. The van der Waals surface area contributed by atoms with Crippen molar-refractivity contribution in [3.8, 4) is 46.0 Å². The van der Waals surface area contributed by atoms with E-state index in [1.165, 1.54) is 62.8 Å². The number of nitrogens with one attached hydrogen (secondary N) is 8. The minimum atomic E-state index is -0.806. The Balaban J connectivity index is 1.22. The summed E-state index contributed by atoms with van der Waals surface area (Å²) in [5.74, 6) is -10.9. The molecule has 4 aromatic rings. The molecular weight excluding hydrogens is 1100 g/mol. The number of hydrogen-bond donors (Lipinski definition) is 16. The molecule has 27 heteroatoms. The van der Waals surface area contributed by atoms with Gasteiger partial charge in [0.1, 0.15) is 0 Å². The standard InChI is InChI=1S/C57H76N10O17/c1-34(58-24-32-83-2)35-10-11-36(44(69)43(35)68)51(76)59-18-4-26-66-27-5-19-60-52(77)37-12-14-39(47(72)45(37)70)54(79)62-21-7-29-67(30-8-22-63-55(80)40-15-13-38(46(71)48(40)73)53(78)61-20-6-28-66)31-9-23-64-56(81)41-16-17-42(50(75)49(41)74)57(82)65-25-33-84-3/h10-17,58,68-75H,1,4-9,18-33H2,2-3H3,(H,59,76)(H,60,77)(H,61,78)(H,62,79)(H,63,80)(H,64,81)(H,65,82). The van der Waals surface area contributed by atoms with Gasteiger partial charge in [-0.1, -0.05) is 6.58 Å². The predicted octanol–water partition coefficient (Wildman–Crippen LogP) is 1.35. The molecule has 84 heavy (non-hydrogen) atoms. The molecule has 4 bridgehead atoms. The number of rotatable bonds is 19. The molecule has 456 valence electrons. The number of phenolic OH excluding ortho intramolecular Hbond substituents is 8. The highest BCUT2D eigenvalue weighted by Gasteiger charge is 2.25. The van der Waals surface area contributed by atoms with Gasteiger partial charge in [0.2, 0.25) is 0 Å². The Hall–Kier alpha value is -9.05. The second-order valence-electron chi connectivity index (χ2n) is 19.4. The van der Waals surface area contributed by atoms with Crippen LogP contribution in [0.4, 0.5) is 0 Å². The van der Waals surface area contributed by atoms with Crippen LogP contribution in [-0.2, 0) is 9.47 Å². The molecule has 4 aliphatic heterocycles. The molecule has 0 aliphatic carbocycles. The van der Waals surface area contributed by atoms with E-state index in [4.69, 9.17) is 9.47 Å². The van der Waals surface area contributed by atoms with Crippen LogP contribution in [0.15, 0.2) is 55.1 Å². The lowest BCUT2D eigenvalue weighted by Crippen LogP contribution is -2.35. The number of hydrogen-bond acceptors (Lipinski definition) is 20. The summed E-state index contributed by atoms with van der Waals surface area (Å²) in [6, 6.07) is 10.0. The van der Waals surface area contributed by atoms with Crippen molar-refractivity contribution in [3.63, 3.8) is 0 Å². The minimum Gasteiger partial charge on any atom is -0.504 e. The molecule has 4 heterocycles. The van der Waals surface area contributed by atoms with Crippen LogP contribution in [0.25, 0.3) is 5.70 Å². The number of nitrogens with zero attached hydrogens (tertiary/aromatic N) is 2. The van der Waals surface area contributed by atoms with Crippen LogP contribution in [0.5, 0.6) is 46.0 Å². The Morgan fingerprint density at radius 3 is 1.01 bits per heavy atom. The Morgan fingerprint density at radius 2 is 0.702 bits per heavy atom. The van der Waals surface area contributed by atoms with Gasteiger partial charge in [0, 0.05) is 77.8 Å². The van der Waals surface area contributed by atoms with Crippen molar-refractivity contribution in [2.45, 2.75) is 38.5 Å². The van der Waals surface area contributed by atoms with Crippen molar-refractivity contribution in [1.82, 2.24) is 52.3 Å². The number of ether oxygens (including phenoxy) is 2. The summed E-state index contributed by atoms with van der Waals surface area (Å²) < 4.78 is 9.90. The first kappa shape index (κ1) is 65.8. The summed E-state index contributed by atoms with van der Waals surface area (Å²) in [6.45, 7) is 7.91. The quantitative estimate of drug-likeness (QED) is 0.0465. The number of aromatic hydroxyl groups is 8. The topological polar surface area (TPSA) is 403 Å². The molecule has 0 atom stereocenters. The van der Waals surface area contributed by atoms with Crippen LogP contribution in [0.3, 0.4) is 0 Å². The molecule has 0 spiro atoms. The second kappa shape index (κ2) is 33.2. The van der Waals surface area contributed by atoms with E-state index < -0.39 is 87.3 Å². The average molecular weight is 1170 g/mol. The zero-order valence-corrected chi connectivity index (χ0v) is 47.0. The maximum atomic E-state index is 13.3. The number of methoxy groups -OCH3 is 2. The van der Waals surface area contributed by atoms with Crippen molar-refractivity contribution in [1.29, 1.82) is 0 Å². The highest BCUT2D eigenvalue weighted by atomic mass is 16.5. The average Bonchev–Trinajstić information content (AvgIpc) is 3.66. The Kier molecular flexibility index (Phi) is 26.0. The Bertz CT molecular complexity index is 2700. The number of phenols is 8. The number of carbonyl (C=O) groups is 7. The first-order valence-electron chi connectivity index (χ1n) is 27.3. The van der Waals surface area contributed by atoms with E-state index in [0.29, 0.717) is 96.6 Å². The fraction of sp³-hybridized carbons (Fsp3) is 0.421. The van der Waals surface area contributed by atoms with E-state index in [2.05, 4.69) is 49.1 Å². The summed E-state index contributed by atoms with van der Waals surface area (Å²) >= 11 is 0. The maximum absolute atomic E-state index is 13.3. The zero-order valence-electron chi connectivity index (χ0n) is 47.0. The fourth-order valence-corrected chi connectivity index (χ4v) is 8.88. The molecule has 4 aliphatic rings. The molecule has 0 saturated carbocycles. The van der Waals surface area contributed by atoms with Gasteiger partial charge in [-0.25, -0.2) is 0 Å². The van der Waals surface area contributed by atoms with Gasteiger partial charge < -0.3 is 103 Å². The van der Waals surface area contributed by atoms with Gasteiger partial charge in [-0.15, -0.1) is 0 Å². The first-order chi connectivity index (χ1) is 40.3. The van der Waals surface area contributed by atoms with Gasteiger partial charge in [-0.2, -0.15) is 0 Å². The number of benzene rings is 4. The van der Waals surface area contributed by atoms with Gasteiger partial charge in [-0.05, 0) is 126 Å². The number of amides is 7. The zero-order chi connectivity index (χ0) is 61.3. The van der Waals surface area contributed by atoms with Crippen LogP contribution >= 0.6 is 0 Å². The monoisotopic (exact) mass is 1170 g/mol. The van der Waals surface area contributed by atoms with Gasteiger partial charge in [0.25, 0.3) is 41.4 Å². The van der Waals surface area contributed by atoms with Gasteiger partial charge >= 0.3 is 0 Å². The van der Waals surface area contributed by atoms with E-state index in [1.807, 2.05) is 9.80 Å². The molecule has 27 nitrogen and oxygen atoms in total. The SMILES string of the molecule is C=C(NCCOC)c1ccc(C(=O)NCCCN2CCCNC(=O)c3ccc(c(O)c3O)C(=O)NCCCN(CCCNC(=O)c3ccc(C(=O)NCCOC)c(O)c3O)CCCNC(=O)c3ccc(c(O)c3O)C(=O)NCCC2)c(O)c1O. The molecule has 8 rings (SSSR count). The fourth-order valence-electron chi connectivity index (χ4n) is 8.88. The third-order valence-electron chi connectivity index (χ3n) is 13.5. The minimum absolute atomic E-state index is 0.0904. The van der Waals surface area contributed by atoms with E-state index in [1.54, 1.807) is 0 Å². The van der Waals surface area contributed by atoms with E-state index in [0.717, 1.165) is 0 Å². The van der Waals surface area contributed by atoms with Gasteiger partial charge in [-0.3, -0.25) is 33.6 Å². The first-order valence-corrected chi connectivity index (χ1v) is 27.3. The van der Waals surface area contributed by atoms with Crippen molar-refractivity contribution in [3.05, 3.63) is 99.6 Å². The molecule has 16 N–H and O–H groups in total. The van der Waals surface area contributed by atoms with Crippen LogP contribution in [0.2, 0.25) is 0 Å². The lowest BCUT2D eigenvalue weighted by Gasteiger charge is -2.23. The van der Waals surface area contributed by atoms with Crippen LogP contribution in [0.1, 0.15) is 117 Å². The summed E-state index contributed by atoms with van der Waals surface area (Å²) in [4.78, 5) is 95.6. The van der Waals surface area contributed by atoms with E-state index >= 15 is 0 Å².